The minimum absolute atomic E-state index is 0.119. The second kappa shape index (κ2) is 7.44. The van der Waals surface area contributed by atoms with Gasteiger partial charge in [-0.2, -0.15) is 18.4 Å². The number of hydrogen-bond acceptors (Lipinski definition) is 6. The zero-order valence-electron chi connectivity index (χ0n) is 15.5. The van der Waals surface area contributed by atoms with E-state index in [0.29, 0.717) is 26.2 Å². The smallest absolute Gasteiger partial charge is 0.353 e. The molecule has 12 heteroatoms. The number of piperazine rings is 1. The fraction of sp³-hybridized carbons (Fsp3) is 0.412. The number of alkyl halides is 3. The molecule has 1 saturated heterocycles. The highest BCUT2D eigenvalue weighted by atomic mass is 35.5. The summed E-state index contributed by atoms with van der Waals surface area (Å²) < 4.78 is 40.5. The largest absolute Gasteiger partial charge is 0.417 e. The Hall–Kier alpha value is -3.00. The van der Waals surface area contributed by atoms with Crippen molar-refractivity contribution in [1.82, 2.24) is 14.1 Å². The molecule has 3 heterocycles. The quantitative estimate of drug-likeness (QED) is 0.717. The van der Waals surface area contributed by atoms with E-state index in [4.69, 9.17) is 11.6 Å². The predicted molar refractivity (Wildman–Crippen MR) is 100 cm³/mol. The minimum atomic E-state index is -4.54. The maximum absolute atomic E-state index is 12.8. The Labute approximate surface area is 168 Å². The van der Waals surface area contributed by atoms with Crippen LogP contribution in [0.2, 0.25) is 5.02 Å². The van der Waals surface area contributed by atoms with Crippen LogP contribution < -0.4 is 21.0 Å². The van der Waals surface area contributed by atoms with Crippen molar-refractivity contribution in [2.24, 2.45) is 14.1 Å². The van der Waals surface area contributed by atoms with Crippen molar-refractivity contribution in [1.29, 1.82) is 5.26 Å². The second-order valence-corrected chi connectivity index (χ2v) is 6.92. The molecule has 0 unspecified atom stereocenters. The van der Waals surface area contributed by atoms with E-state index in [-0.39, 0.29) is 22.2 Å². The van der Waals surface area contributed by atoms with Gasteiger partial charge < -0.3 is 9.80 Å². The molecule has 1 aliphatic heterocycles. The number of nitrogens with zero attached hydrogens (tertiary/aromatic N) is 6. The van der Waals surface area contributed by atoms with E-state index < -0.39 is 23.0 Å². The van der Waals surface area contributed by atoms with Crippen LogP contribution in [0.15, 0.2) is 21.9 Å². The number of halogens is 4. The lowest BCUT2D eigenvalue weighted by atomic mass is 10.2. The topological polar surface area (TPSA) is 87.2 Å². The van der Waals surface area contributed by atoms with Crippen molar-refractivity contribution < 1.29 is 13.2 Å². The molecule has 0 spiro atoms. The molecular weight excluding hydrogens is 413 g/mol. The summed E-state index contributed by atoms with van der Waals surface area (Å²) in [5.41, 5.74) is -2.31. The van der Waals surface area contributed by atoms with Crippen molar-refractivity contribution in [2.75, 3.05) is 36.0 Å². The van der Waals surface area contributed by atoms with Gasteiger partial charge in [-0.1, -0.05) is 11.6 Å². The Kier molecular flexibility index (Phi) is 5.32. The Morgan fingerprint density at radius 2 is 1.69 bits per heavy atom. The van der Waals surface area contributed by atoms with Gasteiger partial charge in [0.15, 0.2) is 5.56 Å². The first-order valence-electron chi connectivity index (χ1n) is 8.49. The third-order valence-corrected chi connectivity index (χ3v) is 5.05. The highest BCUT2D eigenvalue weighted by Crippen LogP contribution is 2.34. The number of aromatic nitrogens is 3. The summed E-state index contributed by atoms with van der Waals surface area (Å²) in [5.74, 6) is 0.435. The minimum Gasteiger partial charge on any atom is -0.353 e. The highest BCUT2D eigenvalue weighted by molar-refractivity contribution is 6.33. The van der Waals surface area contributed by atoms with Crippen LogP contribution in [0.25, 0.3) is 0 Å². The molecular formula is C17H16ClF3N6O2. The normalized spacial score (nSPS) is 14.8. The molecule has 0 saturated carbocycles. The van der Waals surface area contributed by atoms with Crippen LogP contribution in [-0.2, 0) is 20.3 Å². The van der Waals surface area contributed by atoms with Crippen molar-refractivity contribution >= 4 is 23.2 Å². The van der Waals surface area contributed by atoms with Gasteiger partial charge >= 0.3 is 11.9 Å². The Bertz CT molecular complexity index is 1110. The van der Waals surface area contributed by atoms with E-state index in [0.717, 1.165) is 16.8 Å². The molecule has 0 amide bonds. The molecule has 8 nitrogen and oxygen atoms in total. The average Bonchev–Trinajstić information content (AvgIpc) is 2.68. The SMILES string of the molecule is Cn1c(N2CCN(c3ncc(C(F)(F)F)cc3Cl)CC2)c(C#N)c(=O)n(C)c1=O. The summed E-state index contributed by atoms with van der Waals surface area (Å²) in [7, 11) is 2.77. The number of hydrogen-bond donors (Lipinski definition) is 0. The van der Waals surface area contributed by atoms with E-state index >= 15 is 0 Å². The van der Waals surface area contributed by atoms with Gasteiger partial charge in [0.2, 0.25) is 0 Å². The van der Waals surface area contributed by atoms with E-state index in [9.17, 15) is 28.0 Å². The van der Waals surface area contributed by atoms with Gasteiger partial charge in [-0.25, -0.2) is 9.78 Å². The predicted octanol–water partition coefficient (Wildman–Crippen LogP) is 1.35. The van der Waals surface area contributed by atoms with Gasteiger partial charge in [0.1, 0.15) is 17.7 Å². The van der Waals surface area contributed by atoms with Crippen molar-refractivity contribution in [2.45, 2.75) is 6.18 Å². The monoisotopic (exact) mass is 428 g/mol. The molecule has 0 aliphatic carbocycles. The van der Waals surface area contributed by atoms with Crippen LogP contribution in [0.4, 0.5) is 24.8 Å². The lowest BCUT2D eigenvalue weighted by Crippen LogP contribution is -2.50. The fourth-order valence-electron chi connectivity index (χ4n) is 3.25. The zero-order valence-corrected chi connectivity index (χ0v) is 16.3. The molecule has 0 bridgehead atoms. The molecule has 2 aromatic heterocycles. The van der Waals surface area contributed by atoms with Crippen molar-refractivity contribution in [3.05, 3.63) is 49.3 Å². The van der Waals surface area contributed by atoms with E-state index in [1.807, 2.05) is 6.07 Å². The zero-order chi connectivity index (χ0) is 21.5. The Morgan fingerprint density at radius 1 is 1.10 bits per heavy atom. The number of anilines is 2. The van der Waals surface area contributed by atoms with E-state index in [2.05, 4.69) is 4.98 Å². The number of pyridine rings is 1. The van der Waals surface area contributed by atoms with Gasteiger partial charge in [-0.3, -0.25) is 13.9 Å². The second-order valence-electron chi connectivity index (χ2n) is 6.52. The van der Waals surface area contributed by atoms with Crippen LogP contribution in [0.5, 0.6) is 0 Å². The summed E-state index contributed by atoms with van der Waals surface area (Å²) in [6, 6.07) is 2.68. The van der Waals surface area contributed by atoms with Crippen LogP contribution in [0, 0.1) is 11.3 Å². The molecule has 0 N–H and O–H groups in total. The summed E-state index contributed by atoms with van der Waals surface area (Å²) in [4.78, 5) is 31.8. The lowest BCUT2D eigenvalue weighted by molar-refractivity contribution is -0.137. The lowest BCUT2D eigenvalue weighted by Gasteiger charge is -2.37. The molecule has 1 aliphatic rings. The van der Waals surface area contributed by atoms with Crippen molar-refractivity contribution in [3.63, 3.8) is 0 Å². The maximum Gasteiger partial charge on any atom is 0.417 e. The molecule has 3 rings (SSSR count). The summed E-state index contributed by atoms with van der Waals surface area (Å²) in [6.45, 7) is 1.28. The molecule has 29 heavy (non-hydrogen) atoms. The molecule has 2 aromatic rings. The summed E-state index contributed by atoms with van der Waals surface area (Å²) >= 11 is 6.00. The van der Waals surface area contributed by atoms with Crippen LogP contribution >= 0.6 is 11.6 Å². The fourth-order valence-corrected chi connectivity index (χ4v) is 3.54. The van der Waals surface area contributed by atoms with E-state index in [1.54, 1.807) is 9.80 Å². The van der Waals surface area contributed by atoms with Gasteiger partial charge in [0.25, 0.3) is 5.56 Å². The van der Waals surface area contributed by atoms with Crippen LogP contribution in [0.3, 0.4) is 0 Å². The first-order chi connectivity index (χ1) is 13.6. The Morgan fingerprint density at radius 3 is 2.21 bits per heavy atom. The first-order valence-corrected chi connectivity index (χ1v) is 8.86. The van der Waals surface area contributed by atoms with Gasteiger partial charge in [-0.05, 0) is 6.07 Å². The maximum atomic E-state index is 12.8. The Balaban J connectivity index is 1.87. The number of rotatable bonds is 2. The first kappa shape index (κ1) is 20.7. The van der Waals surface area contributed by atoms with Gasteiger partial charge in [0, 0.05) is 46.5 Å². The molecule has 0 radical (unpaired) electrons. The molecule has 0 atom stereocenters. The van der Waals surface area contributed by atoms with Crippen LogP contribution in [0.1, 0.15) is 11.1 Å². The summed E-state index contributed by atoms with van der Waals surface area (Å²) in [5, 5.41) is 9.27. The van der Waals surface area contributed by atoms with Crippen LogP contribution in [-0.4, -0.2) is 40.3 Å². The molecule has 1 fully saturated rings. The number of nitriles is 1. The van der Waals surface area contributed by atoms with Gasteiger partial charge in [-0.15, -0.1) is 0 Å². The molecule has 0 aromatic carbocycles. The molecule has 154 valence electrons. The highest BCUT2D eigenvalue weighted by Gasteiger charge is 2.32. The average molecular weight is 429 g/mol. The van der Waals surface area contributed by atoms with Crippen molar-refractivity contribution in [3.8, 4) is 6.07 Å². The summed E-state index contributed by atoms with van der Waals surface area (Å²) in [6.07, 6.45) is -3.81. The third-order valence-electron chi connectivity index (χ3n) is 4.77. The van der Waals surface area contributed by atoms with E-state index in [1.165, 1.54) is 18.7 Å². The third kappa shape index (κ3) is 3.67. The van der Waals surface area contributed by atoms with Gasteiger partial charge in [0.05, 0.1) is 10.6 Å². The standard InChI is InChI=1S/C17H16ClF3N6O2/c1-24-14(11(8-22)15(28)25(2)16(24)29)27-5-3-26(4-6-27)13-12(18)7-10(9-23-13)17(19,20)21/h7,9H,3-6H2,1-2H3.